The van der Waals surface area contributed by atoms with Crippen LogP contribution in [0.15, 0.2) is 17.0 Å². The maximum absolute atomic E-state index is 13.2. The highest BCUT2D eigenvalue weighted by atomic mass is 32.2. The van der Waals surface area contributed by atoms with Crippen LogP contribution in [0.25, 0.3) is 0 Å². The normalized spacial score (nSPS) is 15.9. The van der Waals surface area contributed by atoms with E-state index in [0.717, 1.165) is 12.5 Å². The van der Waals surface area contributed by atoms with Gasteiger partial charge in [0.2, 0.25) is 10.0 Å². The van der Waals surface area contributed by atoms with E-state index < -0.39 is 15.8 Å². The topological polar surface area (TPSA) is 72.2 Å². The second-order valence-corrected chi connectivity index (χ2v) is 6.50. The molecule has 0 aliphatic heterocycles. The molecule has 18 heavy (non-hydrogen) atoms. The Morgan fingerprint density at radius 3 is 2.72 bits per heavy atom. The third-order valence-corrected chi connectivity index (χ3v) is 4.73. The molecular formula is C12H17FN2O2S. The number of aryl methyl sites for hydroxylation is 1. The van der Waals surface area contributed by atoms with E-state index in [4.69, 9.17) is 5.73 Å². The van der Waals surface area contributed by atoms with Crippen molar-refractivity contribution in [2.24, 2.45) is 5.92 Å². The smallest absolute Gasteiger partial charge is 0.240 e. The zero-order valence-electron chi connectivity index (χ0n) is 10.2. The van der Waals surface area contributed by atoms with Crippen molar-refractivity contribution in [1.29, 1.82) is 0 Å². The number of hydrogen-bond acceptors (Lipinski definition) is 3. The van der Waals surface area contributed by atoms with Gasteiger partial charge in [0.25, 0.3) is 0 Å². The molecule has 0 aromatic heterocycles. The summed E-state index contributed by atoms with van der Waals surface area (Å²) in [6.45, 7) is 1.97. The lowest BCUT2D eigenvalue weighted by molar-refractivity contribution is 0.574. The molecule has 2 rings (SSSR count). The van der Waals surface area contributed by atoms with E-state index in [0.29, 0.717) is 18.0 Å². The second-order valence-electron chi connectivity index (χ2n) is 4.77. The van der Waals surface area contributed by atoms with Crippen molar-refractivity contribution >= 4 is 15.7 Å². The number of benzene rings is 1. The van der Waals surface area contributed by atoms with Gasteiger partial charge in [-0.05, 0) is 37.0 Å². The summed E-state index contributed by atoms with van der Waals surface area (Å²) >= 11 is 0. The lowest BCUT2D eigenvalue weighted by Crippen LogP contribution is -2.26. The number of sulfonamides is 1. The van der Waals surface area contributed by atoms with Gasteiger partial charge in [-0.3, -0.25) is 0 Å². The first kappa shape index (κ1) is 13.3. The van der Waals surface area contributed by atoms with Crippen LogP contribution in [0.2, 0.25) is 0 Å². The number of halogens is 1. The Morgan fingerprint density at radius 1 is 1.44 bits per heavy atom. The first-order valence-corrected chi connectivity index (χ1v) is 7.44. The minimum atomic E-state index is -3.59. The third-order valence-electron chi connectivity index (χ3n) is 3.13. The maximum atomic E-state index is 13.2. The minimum absolute atomic E-state index is 0.0530. The molecule has 0 saturated heterocycles. The summed E-state index contributed by atoms with van der Waals surface area (Å²) in [6.07, 6.45) is 3.23. The zero-order chi connectivity index (χ0) is 13.3. The van der Waals surface area contributed by atoms with Crippen molar-refractivity contribution in [3.8, 4) is 0 Å². The molecule has 1 aromatic carbocycles. The molecule has 3 N–H and O–H groups in total. The quantitative estimate of drug-likeness (QED) is 0.803. The molecule has 0 bridgehead atoms. The molecule has 1 aliphatic carbocycles. The van der Waals surface area contributed by atoms with Crippen molar-refractivity contribution in [1.82, 2.24) is 4.72 Å². The Kier molecular flexibility index (Phi) is 3.59. The van der Waals surface area contributed by atoms with Crippen LogP contribution in [-0.2, 0) is 10.0 Å². The number of hydrogen-bond donors (Lipinski definition) is 2. The van der Waals surface area contributed by atoms with Gasteiger partial charge >= 0.3 is 0 Å². The third kappa shape index (κ3) is 3.00. The molecular weight excluding hydrogens is 255 g/mol. The predicted molar refractivity (Wildman–Crippen MR) is 68.1 cm³/mol. The van der Waals surface area contributed by atoms with E-state index in [9.17, 15) is 12.8 Å². The van der Waals surface area contributed by atoms with Crippen molar-refractivity contribution in [2.75, 3.05) is 12.3 Å². The molecule has 0 unspecified atom stereocenters. The SMILES string of the molecule is Cc1cc(F)c(N)cc1S(=O)(=O)NCCC1CC1. The minimum Gasteiger partial charge on any atom is -0.396 e. The molecule has 0 radical (unpaired) electrons. The fourth-order valence-electron chi connectivity index (χ4n) is 1.84. The van der Waals surface area contributed by atoms with Crippen LogP contribution in [0.5, 0.6) is 0 Å². The summed E-state index contributed by atoms with van der Waals surface area (Å²) in [6, 6.07) is 2.31. The van der Waals surface area contributed by atoms with Crippen LogP contribution in [0.3, 0.4) is 0 Å². The summed E-state index contributed by atoms with van der Waals surface area (Å²) in [5.41, 5.74) is 5.62. The van der Waals surface area contributed by atoms with Gasteiger partial charge in [0.15, 0.2) is 0 Å². The van der Waals surface area contributed by atoms with Crippen molar-refractivity contribution < 1.29 is 12.8 Å². The predicted octanol–water partition coefficient (Wildman–Crippen LogP) is 1.79. The second kappa shape index (κ2) is 4.85. The molecule has 4 nitrogen and oxygen atoms in total. The van der Waals surface area contributed by atoms with E-state index >= 15 is 0 Å². The van der Waals surface area contributed by atoms with Crippen molar-refractivity contribution in [2.45, 2.75) is 31.1 Å². The summed E-state index contributed by atoms with van der Waals surface area (Å²) in [5.74, 6) is 0.0662. The molecule has 1 fully saturated rings. The van der Waals surface area contributed by atoms with Crippen LogP contribution >= 0.6 is 0 Å². The van der Waals surface area contributed by atoms with Crippen molar-refractivity contribution in [3.63, 3.8) is 0 Å². The van der Waals surface area contributed by atoms with E-state index in [2.05, 4.69) is 4.72 Å². The Hall–Kier alpha value is -1.14. The van der Waals surface area contributed by atoms with Gasteiger partial charge in [-0.2, -0.15) is 0 Å². The van der Waals surface area contributed by atoms with Gasteiger partial charge < -0.3 is 5.73 Å². The molecule has 1 aliphatic rings. The summed E-state index contributed by atoms with van der Waals surface area (Å²) < 4.78 is 39.8. The fourth-order valence-corrected chi connectivity index (χ4v) is 3.15. The van der Waals surface area contributed by atoms with E-state index in [-0.39, 0.29) is 10.6 Å². The highest BCUT2D eigenvalue weighted by Crippen LogP contribution is 2.32. The highest BCUT2D eigenvalue weighted by molar-refractivity contribution is 7.89. The molecule has 0 amide bonds. The number of nitrogens with one attached hydrogen (secondary N) is 1. The summed E-state index contributed by atoms with van der Waals surface area (Å²) in [7, 11) is -3.59. The van der Waals surface area contributed by atoms with Crippen LogP contribution < -0.4 is 10.5 Å². The first-order chi connectivity index (χ1) is 8.40. The molecule has 0 heterocycles. The number of nitrogens with two attached hydrogens (primary N) is 1. The average Bonchev–Trinajstić information content (AvgIpc) is 3.07. The highest BCUT2D eigenvalue weighted by Gasteiger charge is 2.23. The van der Waals surface area contributed by atoms with Crippen LogP contribution in [0.1, 0.15) is 24.8 Å². The van der Waals surface area contributed by atoms with Gasteiger partial charge in [0, 0.05) is 6.54 Å². The standard InChI is InChI=1S/C12H17FN2O2S/c1-8-6-10(13)11(14)7-12(8)18(16,17)15-5-4-9-2-3-9/h6-7,9,15H,2-5,14H2,1H3. The van der Waals surface area contributed by atoms with Gasteiger partial charge in [-0.15, -0.1) is 0 Å². The Balaban J connectivity index is 2.14. The Bertz CT molecular complexity index is 553. The zero-order valence-corrected chi connectivity index (χ0v) is 11.1. The van der Waals surface area contributed by atoms with Gasteiger partial charge in [-0.25, -0.2) is 17.5 Å². The number of anilines is 1. The molecule has 1 aromatic rings. The molecule has 0 spiro atoms. The first-order valence-electron chi connectivity index (χ1n) is 5.95. The molecule has 6 heteroatoms. The van der Waals surface area contributed by atoms with Gasteiger partial charge in [0.1, 0.15) is 5.82 Å². The lowest BCUT2D eigenvalue weighted by Gasteiger charge is -2.10. The molecule has 0 atom stereocenters. The lowest BCUT2D eigenvalue weighted by atomic mass is 10.2. The van der Waals surface area contributed by atoms with E-state index in [1.807, 2.05) is 0 Å². The van der Waals surface area contributed by atoms with Crippen LogP contribution in [0.4, 0.5) is 10.1 Å². The maximum Gasteiger partial charge on any atom is 0.240 e. The largest absolute Gasteiger partial charge is 0.396 e. The van der Waals surface area contributed by atoms with E-state index in [1.54, 1.807) is 6.92 Å². The molecule has 100 valence electrons. The summed E-state index contributed by atoms with van der Waals surface area (Å²) in [4.78, 5) is 0.0530. The van der Waals surface area contributed by atoms with Gasteiger partial charge in [0.05, 0.1) is 10.6 Å². The number of rotatable bonds is 5. The van der Waals surface area contributed by atoms with Crippen LogP contribution in [-0.4, -0.2) is 15.0 Å². The Labute approximate surface area is 106 Å². The van der Waals surface area contributed by atoms with Crippen molar-refractivity contribution in [3.05, 3.63) is 23.5 Å². The summed E-state index contributed by atoms with van der Waals surface area (Å²) in [5, 5.41) is 0. The van der Waals surface area contributed by atoms with E-state index in [1.165, 1.54) is 18.9 Å². The fraction of sp³-hybridized carbons (Fsp3) is 0.500. The monoisotopic (exact) mass is 272 g/mol. The number of nitrogen functional groups attached to an aromatic ring is 1. The average molecular weight is 272 g/mol. The molecule has 1 saturated carbocycles. The Morgan fingerprint density at radius 2 is 2.11 bits per heavy atom. The van der Waals surface area contributed by atoms with Gasteiger partial charge in [-0.1, -0.05) is 12.8 Å². The van der Waals surface area contributed by atoms with Crippen LogP contribution in [0, 0.1) is 18.7 Å².